The molecule has 0 aliphatic rings. The van der Waals surface area contributed by atoms with E-state index in [9.17, 15) is 8.42 Å². The summed E-state index contributed by atoms with van der Waals surface area (Å²) in [6.45, 7) is 1.18. The molecule has 17 heavy (non-hydrogen) atoms. The van der Waals surface area contributed by atoms with Crippen LogP contribution in [-0.2, 0) is 21.3 Å². The minimum absolute atomic E-state index is 0.156. The normalized spacial score (nSPS) is 11.9. The summed E-state index contributed by atoms with van der Waals surface area (Å²) in [5, 5.41) is 3.96. The number of halogens is 1. The fourth-order valence-corrected chi connectivity index (χ4v) is 2.27. The van der Waals surface area contributed by atoms with E-state index in [0.29, 0.717) is 19.0 Å². The molecule has 98 valence electrons. The molecule has 0 atom stereocenters. The molecule has 0 aliphatic carbocycles. The Labute approximate surface area is 106 Å². The highest BCUT2D eigenvalue weighted by Gasteiger charge is 2.15. The molecule has 1 rings (SSSR count). The summed E-state index contributed by atoms with van der Waals surface area (Å²) in [6, 6.07) is 0. The Bertz CT molecular complexity index is 432. The van der Waals surface area contributed by atoms with Crippen molar-refractivity contribution in [1.29, 1.82) is 0 Å². The molecule has 0 bridgehead atoms. The molecule has 6 nitrogen and oxygen atoms in total. The third kappa shape index (κ3) is 4.63. The molecular formula is C9H16ClN3O3S. The zero-order valence-electron chi connectivity index (χ0n) is 9.60. The second kappa shape index (κ2) is 6.95. The van der Waals surface area contributed by atoms with E-state index in [4.69, 9.17) is 16.3 Å². The van der Waals surface area contributed by atoms with Gasteiger partial charge in [-0.05, 0) is 6.42 Å². The number of hydrogen-bond acceptors (Lipinski definition) is 4. The van der Waals surface area contributed by atoms with Crippen molar-refractivity contribution in [2.75, 3.05) is 26.1 Å². The minimum atomic E-state index is -3.48. The van der Waals surface area contributed by atoms with Gasteiger partial charge in [-0.15, -0.1) is 11.6 Å². The Hall–Kier alpha value is -0.630. The lowest BCUT2D eigenvalue weighted by atomic mass is 10.5. The fraction of sp³-hybridized carbons (Fsp3) is 0.667. The fourth-order valence-electron chi connectivity index (χ4n) is 1.19. The molecule has 1 aromatic rings. The maximum absolute atomic E-state index is 11.7. The predicted octanol–water partition coefficient (Wildman–Crippen LogP) is 0.437. The van der Waals surface area contributed by atoms with Crippen LogP contribution in [0.25, 0.3) is 0 Å². The van der Waals surface area contributed by atoms with E-state index in [0.717, 1.165) is 6.42 Å². The second-order valence-electron chi connectivity index (χ2n) is 3.37. The summed E-state index contributed by atoms with van der Waals surface area (Å²) in [7, 11) is -1.97. The first-order valence-electron chi connectivity index (χ1n) is 5.17. The number of alkyl halides is 1. The number of hydrogen-bond donors (Lipinski definition) is 1. The third-order valence-corrected chi connectivity index (χ3v) is 3.72. The van der Waals surface area contributed by atoms with Crippen LogP contribution in [0.4, 0.5) is 0 Å². The average Bonchev–Trinajstić information content (AvgIpc) is 2.76. The van der Waals surface area contributed by atoms with Crippen LogP contribution < -0.4 is 4.72 Å². The zero-order chi connectivity index (χ0) is 12.7. The second-order valence-corrected chi connectivity index (χ2v) is 5.52. The lowest BCUT2D eigenvalue weighted by Gasteiger charge is -2.03. The number of aromatic nitrogens is 2. The van der Waals surface area contributed by atoms with Crippen molar-refractivity contribution in [2.24, 2.45) is 0 Å². The van der Waals surface area contributed by atoms with Gasteiger partial charge in [0.1, 0.15) is 4.90 Å². The van der Waals surface area contributed by atoms with E-state index in [1.165, 1.54) is 19.5 Å². The van der Waals surface area contributed by atoms with E-state index >= 15 is 0 Å². The molecule has 0 radical (unpaired) electrons. The van der Waals surface area contributed by atoms with Crippen LogP contribution in [0, 0.1) is 0 Å². The number of methoxy groups -OCH3 is 1. The smallest absolute Gasteiger partial charge is 0.243 e. The Morgan fingerprint density at radius 2 is 2.35 bits per heavy atom. The van der Waals surface area contributed by atoms with Gasteiger partial charge in [-0.1, -0.05) is 0 Å². The topological polar surface area (TPSA) is 73.2 Å². The highest BCUT2D eigenvalue weighted by Crippen LogP contribution is 2.07. The SMILES string of the molecule is COCCNS(=O)(=O)c1cnn(CCCCl)c1. The molecule has 0 aromatic carbocycles. The van der Waals surface area contributed by atoms with Crippen LogP contribution in [-0.4, -0.2) is 44.3 Å². The maximum atomic E-state index is 11.7. The molecule has 1 N–H and O–H groups in total. The summed E-state index contributed by atoms with van der Waals surface area (Å²) in [4.78, 5) is 0.156. The lowest BCUT2D eigenvalue weighted by Crippen LogP contribution is -2.26. The highest BCUT2D eigenvalue weighted by atomic mass is 35.5. The van der Waals surface area contributed by atoms with Crippen molar-refractivity contribution in [2.45, 2.75) is 17.9 Å². The van der Waals surface area contributed by atoms with Crippen LogP contribution in [0.15, 0.2) is 17.3 Å². The van der Waals surface area contributed by atoms with Gasteiger partial charge in [0, 0.05) is 32.3 Å². The van der Waals surface area contributed by atoms with Crippen LogP contribution in [0.1, 0.15) is 6.42 Å². The minimum Gasteiger partial charge on any atom is -0.383 e. The number of aryl methyl sites for hydroxylation is 1. The van der Waals surface area contributed by atoms with E-state index < -0.39 is 10.0 Å². The van der Waals surface area contributed by atoms with Crippen LogP contribution in [0.5, 0.6) is 0 Å². The van der Waals surface area contributed by atoms with Gasteiger partial charge >= 0.3 is 0 Å². The first-order valence-corrected chi connectivity index (χ1v) is 7.19. The number of nitrogens with zero attached hydrogens (tertiary/aromatic N) is 2. The average molecular weight is 282 g/mol. The van der Waals surface area contributed by atoms with Crippen LogP contribution >= 0.6 is 11.6 Å². The van der Waals surface area contributed by atoms with E-state index in [1.807, 2.05) is 0 Å². The van der Waals surface area contributed by atoms with Gasteiger partial charge in [0.05, 0.1) is 12.8 Å². The molecule has 1 aromatic heterocycles. The van der Waals surface area contributed by atoms with Gasteiger partial charge in [0.2, 0.25) is 10.0 Å². The largest absolute Gasteiger partial charge is 0.383 e. The first-order chi connectivity index (χ1) is 8.10. The van der Waals surface area contributed by atoms with Crippen molar-refractivity contribution in [1.82, 2.24) is 14.5 Å². The first kappa shape index (κ1) is 14.4. The predicted molar refractivity (Wildman–Crippen MR) is 64.6 cm³/mol. The number of rotatable bonds is 8. The Balaban J connectivity index is 2.61. The molecule has 0 amide bonds. The van der Waals surface area contributed by atoms with Gasteiger partial charge in [-0.25, -0.2) is 13.1 Å². The number of sulfonamides is 1. The monoisotopic (exact) mass is 281 g/mol. The maximum Gasteiger partial charge on any atom is 0.243 e. The van der Waals surface area contributed by atoms with Crippen molar-refractivity contribution >= 4 is 21.6 Å². The van der Waals surface area contributed by atoms with Gasteiger partial charge < -0.3 is 4.74 Å². The molecule has 0 fully saturated rings. The molecule has 8 heteroatoms. The highest BCUT2D eigenvalue weighted by molar-refractivity contribution is 7.89. The number of ether oxygens (including phenoxy) is 1. The quantitative estimate of drug-likeness (QED) is 0.554. The van der Waals surface area contributed by atoms with Crippen LogP contribution in [0.2, 0.25) is 0 Å². The van der Waals surface area contributed by atoms with E-state index in [1.54, 1.807) is 4.68 Å². The Morgan fingerprint density at radius 1 is 1.59 bits per heavy atom. The number of nitrogens with one attached hydrogen (secondary N) is 1. The molecule has 1 heterocycles. The molecule has 0 spiro atoms. The Morgan fingerprint density at radius 3 is 3.00 bits per heavy atom. The van der Waals surface area contributed by atoms with Crippen molar-refractivity contribution < 1.29 is 13.2 Å². The molecule has 0 aliphatic heterocycles. The van der Waals surface area contributed by atoms with E-state index in [-0.39, 0.29) is 11.4 Å². The summed E-state index contributed by atoms with van der Waals surface area (Å²) in [5.74, 6) is 0.522. The molecular weight excluding hydrogens is 266 g/mol. The molecule has 0 unspecified atom stereocenters. The summed E-state index contributed by atoms with van der Waals surface area (Å²) in [6.07, 6.45) is 3.56. The van der Waals surface area contributed by atoms with E-state index in [2.05, 4.69) is 9.82 Å². The third-order valence-electron chi connectivity index (χ3n) is 2.04. The van der Waals surface area contributed by atoms with Crippen LogP contribution in [0.3, 0.4) is 0 Å². The van der Waals surface area contributed by atoms with Gasteiger partial charge in [0.25, 0.3) is 0 Å². The van der Waals surface area contributed by atoms with Crippen molar-refractivity contribution in [3.05, 3.63) is 12.4 Å². The lowest BCUT2D eigenvalue weighted by molar-refractivity contribution is 0.204. The van der Waals surface area contributed by atoms with Crippen molar-refractivity contribution in [3.8, 4) is 0 Å². The Kier molecular flexibility index (Phi) is 5.90. The summed E-state index contributed by atoms with van der Waals surface area (Å²) >= 11 is 5.55. The van der Waals surface area contributed by atoms with Gasteiger partial charge in [0.15, 0.2) is 0 Å². The zero-order valence-corrected chi connectivity index (χ0v) is 11.2. The standard InChI is InChI=1S/C9H16ClN3O3S/c1-16-6-4-12-17(14,15)9-7-11-13(8-9)5-2-3-10/h7-8,12H,2-6H2,1H3. The summed E-state index contributed by atoms with van der Waals surface area (Å²) < 4.78 is 32.2. The molecule has 0 saturated heterocycles. The molecule has 0 saturated carbocycles. The summed E-state index contributed by atoms with van der Waals surface area (Å²) in [5.41, 5.74) is 0. The van der Waals surface area contributed by atoms with Gasteiger partial charge in [-0.3, -0.25) is 4.68 Å². The van der Waals surface area contributed by atoms with Crippen molar-refractivity contribution in [3.63, 3.8) is 0 Å². The van der Waals surface area contributed by atoms with Gasteiger partial charge in [-0.2, -0.15) is 5.10 Å².